The summed E-state index contributed by atoms with van der Waals surface area (Å²) in [4.78, 5) is 14.3. The normalized spacial score (nSPS) is 10.5. The Kier molecular flexibility index (Phi) is 5.97. The minimum atomic E-state index is -0.497. The third-order valence-corrected chi connectivity index (χ3v) is 2.17. The molecule has 0 aliphatic rings. The van der Waals surface area contributed by atoms with Gasteiger partial charge in [0.2, 0.25) is 0 Å². The van der Waals surface area contributed by atoms with Crippen molar-refractivity contribution in [3.05, 3.63) is 22.2 Å². The zero-order chi connectivity index (χ0) is 14.3. The summed E-state index contributed by atoms with van der Waals surface area (Å²) in [6.07, 6.45) is 0. The van der Waals surface area contributed by atoms with Crippen LogP contribution < -0.4 is 16.6 Å². The van der Waals surface area contributed by atoms with E-state index in [-0.39, 0.29) is 11.5 Å². The van der Waals surface area contributed by atoms with Gasteiger partial charge in [-0.15, -0.1) is 0 Å². The number of pyridine rings is 1. The van der Waals surface area contributed by atoms with Crippen LogP contribution in [0.4, 0.5) is 17.3 Å². The molecule has 0 aliphatic carbocycles. The van der Waals surface area contributed by atoms with E-state index in [9.17, 15) is 10.1 Å². The Bertz CT molecular complexity index is 425. The molecule has 1 aromatic rings. The van der Waals surface area contributed by atoms with Crippen LogP contribution in [0.15, 0.2) is 12.1 Å². The molecule has 0 aromatic carbocycles. The molecule has 8 nitrogen and oxygen atoms in total. The number of hydrazine groups is 1. The first-order chi connectivity index (χ1) is 9.02. The molecule has 8 heteroatoms. The molecule has 0 atom stereocenters. The third-order valence-electron chi connectivity index (χ3n) is 2.17. The van der Waals surface area contributed by atoms with Crippen molar-refractivity contribution < 1.29 is 9.66 Å². The molecule has 0 bridgehead atoms. The second-order valence-electron chi connectivity index (χ2n) is 4.39. The van der Waals surface area contributed by atoms with Gasteiger partial charge in [0.1, 0.15) is 11.6 Å². The van der Waals surface area contributed by atoms with Crippen molar-refractivity contribution in [3.8, 4) is 0 Å². The number of nitro groups is 1. The molecule has 0 aliphatic heterocycles. The smallest absolute Gasteiger partial charge is 0.276 e. The van der Waals surface area contributed by atoms with Gasteiger partial charge in [-0.2, -0.15) is 0 Å². The summed E-state index contributed by atoms with van der Waals surface area (Å²) in [6, 6.07) is 2.61. The van der Waals surface area contributed by atoms with E-state index in [0.29, 0.717) is 31.5 Å². The van der Waals surface area contributed by atoms with E-state index in [4.69, 9.17) is 10.6 Å². The summed E-state index contributed by atoms with van der Waals surface area (Å²) in [7, 11) is 0. The number of nitrogens with two attached hydrogens (primary N) is 1. The first-order valence-electron chi connectivity index (χ1n) is 5.97. The molecule has 4 N–H and O–H groups in total. The Hall–Kier alpha value is -1.93. The molecule has 0 spiro atoms. The number of anilines is 2. The topological polar surface area (TPSA) is 115 Å². The molecule has 0 unspecified atom stereocenters. The highest BCUT2D eigenvalue weighted by molar-refractivity contribution is 5.54. The molecule has 1 rings (SSSR count). The fourth-order valence-electron chi connectivity index (χ4n) is 1.36. The van der Waals surface area contributed by atoms with Gasteiger partial charge < -0.3 is 15.5 Å². The molecule has 0 radical (unpaired) electrons. The van der Waals surface area contributed by atoms with Gasteiger partial charge >= 0.3 is 0 Å². The number of aromatic nitrogens is 1. The lowest BCUT2D eigenvalue weighted by Gasteiger charge is -2.09. The minimum absolute atomic E-state index is 0.0754. The van der Waals surface area contributed by atoms with Crippen molar-refractivity contribution in [3.63, 3.8) is 0 Å². The Morgan fingerprint density at radius 1 is 1.47 bits per heavy atom. The van der Waals surface area contributed by atoms with Crippen LogP contribution in [0.2, 0.25) is 0 Å². The van der Waals surface area contributed by atoms with Crippen molar-refractivity contribution in [1.82, 2.24) is 4.98 Å². The molecule has 0 fully saturated rings. The van der Waals surface area contributed by atoms with Crippen LogP contribution in [-0.4, -0.2) is 29.7 Å². The second-order valence-corrected chi connectivity index (χ2v) is 4.39. The molecular weight excluding hydrogens is 250 g/mol. The lowest BCUT2D eigenvalue weighted by atomic mass is 10.2. The molecule has 19 heavy (non-hydrogen) atoms. The molecular formula is C11H19N5O3. The van der Waals surface area contributed by atoms with E-state index in [1.807, 2.05) is 0 Å². The fraction of sp³-hybridized carbons (Fsp3) is 0.545. The lowest BCUT2D eigenvalue weighted by Crippen LogP contribution is -2.14. The maximum Gasteiger partial charge on any atom is 0.276 e. The highest BCUT2D eigenvalue weighted by atomic mass is 16.6. The average Bonchev–Trinajstić information content (AvgIpc) is 2.37. The van der Waals surface area contributed by atoms with Gasteiger partial charge in [-0.3, -0.25) is 10.1 Å². The fourth-order valence-corrected chi connectivity index (χ4v) is 1.36. The van der Waals surface area contributed by atoms with Crippen molar-refractivity contribution in [2.75, 3.05) is 30.5 Å². The van der Waals surface area contributed by atoms with Crippen LogP contribution in [0.3, 0.4) is 0 Å². The Morgan fingerprint density at radius 3 is 2.74 bits per heavy atom. The summed E-state index contributed by atoms with van der Waals surface area (Å²) < 4.78 is 5.39. The Balaban J connectivity index is 2.53. The zero-order valence-corrected chi connectivity index (χ0v) is 11.0. The molecule has 1 aromatic heterocycles. The van der Waals surface area contributed by atoms with Crippen molar-refractivity contribution in [2.24, 2.45) is 11.8 Å². The zero-order valence-electron chi connectivity index (χ0n) is 11.0. The van der Waals surface area contributed by atoms with E-state index in [0.717, 1.165) is 0 Å². The number of hydrogen-bond acceptors (Lipinski definition) is 7. The van der Waals surface area contributed by atoms with Crippen LogP contribution in [0.25, 0.3) is 0 Å². The van der Waals surface area contributed by atoms with Gasteiger partial charge in [0, 0.05) is 13.2 Å². The molecule has 0 amide bonds. The largest absolute Gasteiger partial charge is 0.379 e. The van der Waals surface area contributed by atoms with E-state index in [1.54, 1.807) is 0 Å². The van der Waals surface area contributed by atoms with Crippen molar-refractivity contribution in [2.45, 2.75) is 13.8 Å². The van der Waals surface area contributed by atoms with Gasteiger partial charge in [0.05, 0.1) is 23.7 Å². The number of ether oxygens (including phenoxy) is 1. The first-order valence-corrected chi connectivity index (χ1v) is 5.97. The summed E-state index contributed by atoms with van der Waals surface area (Å²) in [6.45, 7) is 5.84. The van der Waals surface area contributed by atoms with Gasteiger partial charge in [0.25, 0.3) is 5.69 Å². The number of nitrogen functional groups attached to an aromatic ring is 1. The highest BCUT2D eigenvalue weighted by Crippen LogP contribution is 2.19. The monoisotopic (exact) mass is 269 g/mol. The lowest BCUT2D eigenvalue weighted by molar-refractivity contribution is -0.384. The van der Waals surface area contributed by atoms with E-state index < -0.39 is 4.92 Å². The predicted molar refractivity (Wildman–Crippen MR) is 72.8 cm³/mol. The number of rotatable bonds is 8. The van der Waals surface area contributed by atoms with Crippen LogP contribution in [0, 0.1) is 16.0 Å². The van der Waals surface area contributed by atoms with Gasteiger partial charge in [0.15, 0.2) is 0 Å². The molecule has 0 saturated carbocycles. The summed E-state index contributed by atoms with van der Waals surface area (Å²) in [5.74, 6) is 6.31. The summed E-state index contributed by atoms with van der Waals surface area (Å²) >= 11 is 0. The SMILES string of the molecule is CC(C)COCCNc1cc([N+](=O)[O-])cc(NN)n1. The van der Waals surface area contributed by atoms with Gasteiger partial charge in [-0.1, -0.05) is 13.8 Å². The molecule has 1 heterocycles. The predicted octanol–water partition coefficient (Wildman–Crippen LogP) is 1.36. The standard InChI is InChI=1S/C11H19N5O3/c1-8(2)7-19-4-3-13-10-5-9(16(17)18)6-11(14-10)15-12/h5-6,8H,3-4,7,12H2,1-2H3,(H2,13,14,15). The van der Waals surface area contributed by atoms with Crippen LogP contribution in [0.1, 0.15) is 13.8 Å². The van der Waals surface area contributed by atoms with Gasteiger partial charge in [-0.25, -0.2) is 10.8 Å². The quantitative estimate of drug-likeness (QED) is 0.282. The first kappa shape index (κ1) is 15.1. The van der Waals surface area contributed by atoms with Crippen molar-refractivity contribution in [1.29, 1.82) is 0 Å². The summed E-state index contributed by atoms with van der Waals surface area (Å²) in [5.41, 5.74) is 2.22. The number of nitrogens with zero attached hydrogens (tertiary/aromatic N) is 2. The molecule has 0 saturated heterocycles. The van der Waals surface area contributed by atoms with Crippen LogP contribution >= 0.6 is 0 Å². The minimum Gasteiger partial charge on any atom is -0.379 e. The average molecular weight is 269 g/mol. The number of hydrogen-bond donors (Lipinski definition) is 3. The van der Waals surface area contributed by atoms with E-state index >= 15 is 0 Å². The van der Waals surface area contributed by atoms with E-state index in [1.165, 1.54) is 12.1 Å². The second kappa shape index (κ2) is 7.49. The Morgan fingerprint density at radius 2 is 2.16 bits per heavy atom. The van der Waals surface area contributed by atoms with Crippen LogP contribution in [-0.2, 0) is 4.74 Å². The van der Waals surface area contributed by atoms with Gasteiger partial charge in [-0.05, 0) is 5.92 Å². The van der Waals surface area contributed by atoms with Crippen LogP contribution in [0.5, 0.6) is 0 Å². The Labute approximate surface area is 111 Å². The maximum absolute atomic E-state index is 10.7. The highest BCUT2D eigenvalue weighted by Gasteiger charge is 2.10. The third kappa shape index (κ3) is 5.49. The number of nitrogens with one attached hydrogen (secondary N) is 2. The van der Waals surface area contributed by atoms with E-state index in [2.05, 4.69) is 29.6 Å². The van der Waals surface area contributed by atoms with Crippen molar-refractivity contribution >= 4 is 17.3 Å². The maximum atomic E-state index is 10.7. The molecule has 106 valence electrons. The summed E-state index contributed by atoms with van der Waals surface area (Å²) in [5, 5.41) is 13.7.